The predicted molar refractivity (Wildman–Crippen MR) is 55.5 cm³/mol. The van der Waals surface area contributed by atoms with Gasteiger partial charge in [-0.15, -0.1) is 0 Å². The van der Waals surface area contributed by atoms with E-state index in [0.717, 1.165) is 13.0 Å². The van der Waals surface area contributed by atoms with Crippen molar-refractivity contribution in [2.45, 2.75) is 25.6 Å². The molecule has 2 N–H and O–H groups in total. The fraction of sp³-hybridized carbons (Fsp3) is 0.900. The molecule has 1 rings (SSSR count). The zero-order valence-electron chi connectivity index (χ0n) is 9.64. The molecule has 4 nitrogen and oxygen atoms in total. The Morgan fingerprint density at radius 2 is 2.18 bits per heavy atom. The molecule has 0 spiro atoms. The van der Waals surface area contributed by atoms with Gasteiger partial charge < -0.3 is 15.4 Å². The number of hydrogen-bond donors (Lipinski definition) is 2. The van der Waals surface area contributed by atoms with Crippen LogP contribution in [-0.4, -0.2) is 44.4 Å². The van der Waals surface area contributed by atoms with Crippen molar-refractivity contribution in [3.8, 4) is 0 Å². The third-order valence-corrected chi connectivity index (χ3v) is 2.43. The molecule has 2 atom stereocenters. The average molecular weight is 254 g/mol. The molecule has 0 radical (unpaired) electrons. The number of rotatable bonds is 4. The van der Waals surface area contributed by atoms with Crippen LogP contribution in [0.5, 0.6) is 0 Å². The number of piperidine rings is 1. The molecule has 0 bridgehead atoms. The monoisotopic (exact) mass is 254 g/mol. The van der Waals surface area contributed by atoms with Crippen molar-refractivity contribution in [1.82, 2.24) is 10.6 Å². The summed E-state index contributed by atoms with van der Waals surface area (Å²) in [5, 5.41) is 5.78. The summed E-state index contributed by atoms with van der Waals surface area (Å²) < 4.78 is 39.5. The minimum Gasteiger partial charge on any atom is -0.362 e. The van der Waals surface area contributed by atoms with E-state index in [4.69, 9.17) is 0 Å². The molecule has 1 amide bonds. The number of carbonyl (C=O) groups excluding carboxylic acids is 1. The van der Waals surface area contributed by atoms with Crippen molar-refractivity contribution >= 4 is 5.91 Å². The molecule has 2 unspecified atom stereocenters. The smallest absolute Gasteiger partial charge is 0.362 e. The van der Waals surface area contributed by atoms with Gasteiger partial charge in [-0.1, -0.05) is 6.92 Å². The van der Waals surface area contributed by atoms with Crippen molar-refractivity contribution in [3.63, 3.8) is 0 Å². The van der Waals surface area contributed by atoms with Gasteiger partial charge in [0.1, 0.15) is 13.2 Å². The highest BCUT2D eigenvalue weighted by molar-refractivity contribution is 5.77. The molecule has 0 aromatic carbocycles. The summed E-state index contributed by atoms with van der Waals surface area (Å²) in [6.07, 6.45) is -3.56. The maximum absolute atomic E-state index is 11.7. The van der Waals surface area contributed by atoms with E-state index in [9.17, 15) is 18.0 Å². The standard InChI is InChI=1S/C10H17F3N2O2/c1-7-2-8(4-14-3-7)15-9(16)5-17-6-10(11,12)13/h7-8,14H,2-6H2,1H3,(H,15,16). The van der Waals surface area contributed by atoms with Gasteiger partial charge in [0.15, 0.2) is 0 Å². The highest BCUT2D eigenvalue weighted by atomic mass is 19.4. The van der Waals surface area contributed by atoms with Crippen LogP contribution in [0.2, 0.25) is 0 Å². The van der Waals surface area contributed by atoms with Crippen LogP contribution >= 0.6 is 0 Å². The van der Waals surface area contributed by atoms with Gasteiger partial charge in [0.05, 0.1) is 0 Å². The van der Waals surface area contributed by atoms with Crippen LogP contribution in [0.25, 0.3) is 0 Å². The number of ether oxygens (including phenoxy) is 1. The summed E-state index contributed by atoms with van der Waals surface area (Å²) in [4.78, 5) is 11.3. The van der Waals surface area contributed by atoms with Crippen LogP contribution in [0.4, 0.5) is 13.2 Å². The fourth-order valence-electron chi connectivity index (χ4n) is 1.80. The molecule has 1 saturated heterocycles. The zero-order valence-corrected chi connectivity index (χ0v) is 9.64. The minimum atomic E-state index is -4.39. The van der Waals surface area contributed by atoms with Crippen molar-refractivity contribution in [3.05, 3.63) is 0 Å². The molecule has 100 valence electrons. The molecule has 0 aliphatic carbocycles. The lowest BCUT2D eigenvalue weighted by Crippen LogP contribution is -2.49. The second-order valence-corrected chi connectivity index (χ2v) is 4.37. The van der Waals surface area contributed by atoms with Gasteiger partial charge in [-0.25, -0.2) is 0 Å². The number of carbonyl (C=O) groups is 1. The topological polar surface area (TPSA) is 50.4 Å². The first kappa shape index (κ1) is 14.2. The molecular weight excluding hydrogens is 237 g/mol. The lowest BCUT2D eigenvalue weighted by molar-refractivity contribution is -0.175. The Kier molecular flexibility index (Phi) is 5.20. The molecule has 1 aliphatic heterocycles. The van der Waals surface area contributed by atoms with Gasteiger partial charge in [0.25, 0.3) is 0 Å². The second kappa shape index (κ2) is 6.20. The molecular formula is C10H17F3N2O2. The predicted octanol–water partition coefficient (Wildman–Crippen LogP) is 0.679. The van der Waals surface area contributed by atoms with Gasteiger partial charge in [0.2, 0.25) is 5.91 Å². The Morgan fingerprint density at radius 1 is 1.47 bits per heavy atom. The molecule has 1 heterocycles. The van der Waals surface area contributed by atoms with Crippen molar-refractivity contribution in [2.75, 3.05) is 26.3 Å². The molecule has 1 aliphatic rings. The first-order chi connectivity index (χ1) is 7.87. The van der Waals surface area contributed by atoms with E-state index in [1.807, 2.05) is 6.92 Å². The Labute approximate surface area is 97.9 Å². The lowest BCUT2D eigenvalue weighted by Gasteiger charge is -2.28. The number of alkyl halides is 3. The van der Waals surface area contributed by atoms with E-state index in [0.29, 0.717) is 12.5 Å². The summed E-state index contributed by atoms with van der Waals surface area (Å²) in [6.45, 7) is 1.65. The summed E-state index contributed by atoms with van der Waals surface area (Å²) in [7, 11) is 0. The number of nitrogens with one attached hydrogen (secondary N) is 2. The van der Waals surface area contributed by atoms with Crippen molar-refractivity contribution in [2.24, 2.45) is 5.92 Å². The van der Waals surface area contributed by atoms with E-state index in [1.54, 1.807) is 0 Å². The largest absolute Gasteiger partial charge is 0.411 e. The lowest BCUT2D eigenvalue weighted by atomic mass is 9.98. The van der Waals surface area contributed by atoms with E-state index >= 15 is 0 Å². The third kappa shape index (κ3) is 6.48. The average Bonchev–Trinajstić information content (AvgIpc) is 2.15. The van der Waals surface area contributed by atoms with Crippen LogP contribution in [0.3, 0.4) is 0 Å². The van der Waals surface area contributed by atoms with E-state index < -0.39 is 25.3 Å². The first-order valence-corrected chi connectivity index (χ1v) is 5.51. The molecule has 0 aromatic rings. The molecule has 17 heavy (non-hydrogen) atoms. The quantitative estimate of drug-likeness (QED) is 0.775. The van der Waals surface area contributed by atoms with E-state index in [-0.39, 0.29) is 6.04 Å². The number of hydrogen-bond acceptors (Lipinski definition) is 3. The number of amides is 1. The van der Waals surface area contributed by atoms with Gasteiger partial charge in [-0.2, -0.15) is 13.2 Å². The SMILES string of the molecule is CC1CNCC(NC(=O)COCC(F)(F)F)C1. The molecule has 0 aromatic heterocycles. The molecule has 1 fully saturated rings. The van der Waals surface area contributed by atoms with Gasteiger partial charge in [-0.05, 0) is 18.9 Å². The van der Waals surface area contributed by atoms with Crippen LogP contribution in [0.1, 0.15) is 13.3 Å². The van der Waals surface area contributed by atoms with Crippen LogP contribution in [0, 0.1) is 5.92 Å². The van der Waals surface area contributed by atoms with Crippen molar-refractivity contribution in [1.29, 1.82) is 0 Å². The van der Waals surface area contributed by atoms with Crippen molar-refractivity contribution < 1.29 is 22.7 Å². The Hall–Kier alpha value is -0.820. The van der Waals surface area contributed by atoms with Gasteiger partial charge >= 0.3 is 6.18 Å². The Balaban J connectivity index is 2.16. The Bertz CT molecular complexity index is 258. The zero-order chi connectivity index (χ0) is 12.9. The third-order valence-electron chi connectivity index (χ3n) is 2.43. The summed E-state index contributed by atoms with van der Waals surface area (Å²) in [5.41, 5.74) is 0. The molecule has 0 saturated carbocycles. The second-order valence-electron chi connectivity index (χ2n) is 4.37. The summed E-state index contributed by atoms with van der Waals surface area (Å²) in [6, 6.07) is -0.0271. The molecule has 7 heteroatoms. The minimum absolute atomic E-state index is 0.0271. The highest BCUT2D eigenvalue weighted by Crippen LogP contribution is 2.14. The summed E-state index contributed by atoms with van der Waals surface area (Å²) >= 11 is 0. The van der Waals surface area contributed by atoms with Crippen LogP contribution < -0.4 is 10.6 Å². The normalized spacial score (nSPS) is 25.6. The Morgan fingerprint density at radius 3 is 2.76 bits per heavy atom. The van der Waals surface area contributed by atoms with E-state index in [1.165, 1.54) is 0 Å². The number of halogens is 3. The van der Waals surface area contributed by atoms with Gasteiger partial charge in [0, 0.05) is 12.6 Å². The van der Waals surface area contributed by atoms with Gasteiger partial charge in [-0.3, -0.25) is 4.79 Å². The van der Waals surface area contributed by atoms with Crippen LogP contribution in [0.15, 0.2) is 0 Å². The summed E-state index contributed by atoms with van der Waals surface area (Å²) in [5.74, 6) is -0.0553. The fourth-order valence-corrected chi connectivity index (χ4v) is 1.80. The first-order valence-electron chi connectivity index (χ1n) is 5.51. The van der Waals surface area contributed by atoms with E-state index in [2.05, 4.69) is 15.4 Å². The highest BCUT2D eigenvalue weighted by Gasteiger charge is 2.28. The van der Waals surface area contributed by atoms with Crippen LogP contribution in [-0.2, 0) is 9.53 Å². The maximum Gasteiger partial charge on any atom is 0.411 e. The maximum atomic E-state index is 11.7.